The molecule has 1 aliphatic carbocycles. The second kappa shape index (κ2) is 8.44. The number of carbonyl (C=O) groups is 2. The average Bonchev–Trinajstić information content (AvgIpc) is 3.53. The van der Waals surface area contributed by atoms with Crippen molar-refractivity contribution in [2.75, 3.05) is 48.3 Å². The summed E-state index contributed by atoms with van der Waals surface area (Å²) in [4.78, 5) is 40.8. The second-order valence-corrected chi connectivity index (χ2v) is 10.2. The normalized spacial score (nSPS) is 25.0. The summed E-state index contributed by atoms with van der Waals surface area (Å²) in [5.41, 5.74) is 1.08. The third-order valence-corrected chi connectivity index (χ3v) is 7.90. The smallest absolute Gasteiger partial charge is 0.253 e. The van der Waals surface area contributed by atoms with Gasteiger partial charge in [0.15, 0.2) is 0 Å². The van der Waals surface area contributed by atoms with Gasteiger partial charge in [0.1, 0.15) is 17.2 Å². The highest BCUT2D eigenvalue weighted by atomic mass is 19.1. The molecule has 1 aromatic heterocycles. The molecule has 10 heteroatoms. The summed E-state index contributed by atoms with van der Waals surface area (Å²) in [6.07, 6.45) is 6.32. The Morgan fingerprint density at radius 1 is 1.11 bits per heavy atom. The van der Waals surface area contributed by atoms with E-state index in [2.05, 4.69) is 37.4 Å². The lowest BCUT2D eigenvalue weighted by Gasteiger charge is -2.38. The van der Waals surface area contributed by atoms with Crippen LogP contribution in [0.15, 0.2) is 24.4 Å². The summed E-state index contributed by atoms with van der Waals surface area (Å²) in [6, 6.07) is 5.34. The second-order valence-electron chi connectivity index (χ2n) is 10.2. The van der Waals surface area contributed by atoms with Crippen molar-refractivity contribution in [3.8, 4) is 0 Å². The maximum Gasteiger partial charge on any atom is 0.253 e. The van der Waals surface area contributed by atoms with E-state index < -0.39 is 5.54 Å². The maximum absolute atomic E-state index is 15.0. The summed E-state index contributed by atoms with van der Waals surface area (Å²) in [6.45, 7) is 3.64. The van der Waals surface area contributed by atoms with Gasteiger partial charge in [0.05, 0.1) is 12.1 Å². The van der Waals surface area contributed by atoms with Gasteiger partial charge in [0.25, 0.3) is 5.91 Å². The molecule has 1 atom stereocenters. The number of nitrogens with zero attached hydrogens (tertiary/aromatic N) is 5. The van der Waals surface area contributed by atoms with Crippen molar-refractivity contribution in [2.24, 2.45) is 0 Å². The fourth-order valence-corrected chi connectivity index (χ4v) is 6.04. The summed E-state index contributed by atoms with van der Waals surface area (Å²) >= 11 is 0. The molecular formula is C25H30FN7O2. The standard InChI is InChI=1S/C25H30FN7O2/c1-31-8-10-32(11-9-31)18-6-7-20(19(26)12-18)28-24-27-15-16-13-25(14-21(34)29-23(25)35)33(22(16)30-24)17-4-2-3-5-17/h6-7,12,15,17H,2-5,8-11,13-14H2,1H3,(H,27,28,30)(H,29,34,35). The van der Waals surface area contributed by atoms with Crippen molar-refractivity contribution in [1.82, 2.24) is 20.2 Å². The number of amides is 2. The minimum absolute atomic E-state index is 0.129. The van der Waals surface area contributed by atoms with Crippen LogP contribution in [0.2, 0.25) is 0 Å². The first-order chi connectivity index (χ1) is 16.9. The molecule has 184 valence electrons. The van der Waals surface area contributed by atoms with Gasteiger partial charge in [-0.15, -0.1) is 0 Å². The number of piperazine rings is 1. The summed E-state index contributed by atoms with van der Waals surface area (Å²) in [5, 5.41) is 5.53. The van der Waals surface area contributed by atoms with Crippen LogP contribution in [0.5, 0.6) is 0 Å². The molecule has 3 fully saturated rings. The number of nitrogens with one attached hydrogen (secondary N) is 2. The van der Waals surface area contributed by atoms with Gasteiger partial charge >= 0.3 is 0 Å². The summed E-state index contributed by atoms with van der Waals surface area (Å²) in [7, 11) is 2.09. The van der Waals surface area contributed by atoms with Crippen LogP contribution in [0.1, 0.15) is 37.7 Å². The Balaban J connectivity index is 1.27. The molecule has 3 aliphatic heterocycles. The van der Waals surface area contributed by atoms with Crippen LogP contribution in [0, 0.1) is 5.82 Å². The van der Waals surface area contributed by atoms with Crippen molar-refractivity contribution in [1.29, 1.82) is 0 Å². The molecule has 4 heterocycles. The van der Waals surface area contributed by atoms with Crippen molar-refractivity contribution >= 4 is 35.0 Å². The number of anilines is 4. The van der Waals surface area contributed by atoms with E-state index in [4.69, 9.17) is 4.98 Å². The van der Waals surface area contributed by atoms with E-state index >= 15 is 4.39 Å². The minimum Gasteiger partial charge on any atom is -0.369 e. The Hall–Kier alpha value is -3.27. The summed E-state index contributed by atoms with van der Waals surface area (Å²) in [5.74, 6) is 0.0796. The van der Waals surface area contributed by atoms with Crippen LogP contribution in [0.25, 0.3) is 0 Å². The molecule has 1 unspecified atom stereocenters. The Labute approximate surface area is 203 Å². The lowest BCUT2D eigenvalue weighted by Crippen LogP contribution is -2.56. The van der Waals surface area contributed by atoms with Gasteiger partial charge < -0.3 is 20.0 Å². The van der Waals surface area contributed by atoms with Crippen LogP contribution in [-0.4, -0.2) is 71.5 Å². The van der Waals surface area contributed by atoms with Crippen LogP contribution in [-0.2, 0) is 16.0 Å². The van der Waals surface area contributed by atoms with Gasteiger partial charge in [-0.25, -0.2) is 9.37 Å². The number of hydrogen-bond donors (Lipinski definition) is 2. The number of carbonyl (C=O) groups excluding carboxylic acids is 2. The molecule has 2 N–H and O–H groups in total. The molecule has 0 radical (unpaired) electrons. The fraction of sp³-hybridized carbons (Fsp3) is 0.520. The first kappa shape index (κ1) is 22.2. The minimum atomic E-state index is -0.933. The van der Waals surface area contributed by atoms with Gasteiger partial charge in [0, 0.05) is 56.1 Å². The number of aromatic nitrogens is 2. The SMILES string of the molecule is CN1CCN(c2ccc(Nc3ncc4c(n3)N(C3CCCC3)C3(CC(=O)NC3=O)C4)c(F)c2)CC1. The number of hydrogen-bond acceptors (Lipinski definition) is 8. The van der Waals surface area contributed by atoms with Gasteiger partial charge in [-0.05, 0) is 38.1 Å². The van der Waals surface area contributed by atoms with Gasteiger partial charge in [-0.1, -0.05) is 12.8 Å². The molecule has 2 amide bonds. The first-order valence-electron chi connectivity index (χ1n) is 12.4. The third kappa shape index (κ3) is 3.80. The Morgan fingerprint density at radius 3 is 2.57 bits per heavy atom. The van der Waals surface area contributed by atoms with Crippen molar-refractivity contribution < 1.29 is 14.0 Å². The highest BCUT2D eigenvalue weighted by molar-refractivity contribution is 6.11. The van der Waals surface area contributed by atoms with E-state index in [-0.39, 0.29) is 36.0 Å². The van der Waals surface area contributed by atoms with Crippen molar-refractivity contribution in [3.05, 3.63) is 35.8 Å². The van der Waals surface area contributed by atoms with Crippen molar-refractivity contribution in [3.63, 3.8) is 0 Å². The molecule has 9 nitrogen and oxygen atoms in total. The Bertz CT molecular complexity index is 1180. The zero-order chi connectivity index (χ0) is 24.2. The van der Waals surface area contributed by atoms with E-state index in [1.807, 2.05) is 6.07 Å². The van der Waals surface area contributed by atoms with Crippen LogP contribution < -0.4 is 20.4 Å². The highest BCUT2D eigenvalue weighted by Crippen LogP contribution is 2.46. The lowest BCUT2D eigenvalue weighted by atomic mass is 9.91. The fourth-order valence-electron chi connectivity index (χ4n) is 6.04. The van der Waals surface area contributed by atoms with E-state index in [1.165, 1.54) is 0 Å². The van der Waals surface area contributed by atoms with E-state index in [0.29, 0.717) is 17.9 Å². The van der Waals surface area contributed by atoms with Gasteiger partial charge in [0.2, 0.25) is 11.9 Å². The summed E-state index contributed by atoms with van der Waals surface area (Å²) < 4.78 is 15.0. The first-order valence-corrected chi connectivity index (χ1v) is 12.4. The number of likely N-dealkylation sites (N-methyl/N-ethyl adjacent to an activating group) is 1. The molecule has 2 saturated heterocycles. The number of imide groups is 1. The highest BCUT2D eigenvalue weighted by Gasteiger charge is 2.58. The Kier molecular flexibility index (Phi) is 5.36. The molecule has 1 spiro atoms. The molecule has 35 heavy (non-hydrogen) atoms. The largest absolute Gasteiger partial charge is 0.369 e. The number of benzene rings is 1. The van der Waals surface area contributed by atoms with Crippen LogP contribution in [0.4, 0.5) is 27.5 Å². The average molecular weight is 480 g/mol. The zero-order valence-electron chi connectivity index (χ0n) is 19.9. The van der Waals surface area contributed by atoms with E-state index in [1.54, 1.807) is 18.3 Å². The number of rotatable bonds is 4. The molecule has 4 aliphatic rings. The molecule has 1 aromatic carbocycles. The van der Waals surface area contributed by atoms with Gasteiger partial charge in [-0.2, -0.15) is 4.98 Å². The number of fused-ring (bicyclic) bond motifs is 1. The molecule has 2 aromatic rings. The quantitative estimate of drug-likeness (QED) is 0.645. The van der Waals surface area contributed by atoms with Crippen LogP contribution in [0.3, 0.4) is 0 Å². The van der Waals surface area contributed by atoms with Gasteiger partial charge in [-0.3, -0.25) is 14.9 Å². The third-order valence-electron chi connectivity index (χ3n) is 7.90. The van der Waals surface area contributed by atoms with E-state index in [9.17, 15) is 9.59 Å². The Morgan fingerprint density at radius 2 is 1.89 bits per heavy atom. The molecule has 1 saturated carbocycles. The van der Waals surface area contributed by atoms with E-state index in [0.717, 1.165) is 63.1 Å². The monoisotopic (exact) mass is 479 g/mol. The predicted octanol–water partition coefficient (Wildman–Crippen LogP) is 2.20. The van der Waals surface area contributed by atoms with Crippen molar-refractivity contribution in [2.45, 2.75) is 50.1 Å². The zero-order valence-corrected chi connectivity index (χ0v) is 19.9. The lowest BCUT2D eigenvalue weighted by molar-refractivity contribution is -0.126. The molecule has 6 rings (SSSR count). The maximum atomic E-state index is 15.0. The predicted molar refractivity (Wildman–Crippen MR) is 130 cm³/mol. The van der Waals surface area contributed by atoms with Crippen LogP contribution >= 0.6 is 0 Å². The molecule has 0 bridgehead atoms. The topological polar surface area (TPSA) is 93.7 Å². The number of halogens is 1. The molecular weight excluding hydrogens is 449 g/mol.